The molecule has 3 aromatic carbocycles. The summed E-state index contributed by atoms with van der Waals surface area (Å²) in [6.45, 7) is 3.56. The van der Waals surface area contributed by atoms with E-state index in [9.17, 15) is 9.59 Å². The van der Waals surface area contributed by atoms with E-state index in [4.69, 9.17) is 4.74 Å². The van der Waals surface area contributed by atoms with Crippen molar-refractivity contribution in [3.05, 3.63) is 71.8 Å². The minimum Gasteiger partial charge on any atom is -0.455 e. The van der Waals surface area contributed by atoms with Crippen molar-refractivity contribution < 1.29 is 14.3 Å². The summed E-state index contributed by atoms with van der Waals surface area (Å²) in [6, 6.07) is 19.9. The normalized spacial score (nSPS) is 10.6. The highest BCUT2D eigenvalue weighted by atomic mass is 32.2. The van der Waals surface area contributed by atoms with E-state index < -0.39 is 5.97 Å². The van der Waals surface area contributed by atoms with Gasteiger partial charge in [0.1, 0.15) is 0 Å². The molecular formula is C22H21NO3S. The molecule has 0 heterocycles. The maximum atomic E-state index is 12.0. The maximum Gasteiger partial charge on any atom is 0.316 e. The van der Waals surface area contributed by atoms with E-state index >= 15 is 0 Å². The van der Waals surface area contributed by atoms with E-state index in [-0.39, 0.29) is 18.3 Å². The molecule has 138 valence electrons. The molecule has 0 radical (unpaired) electrons. The van der Waals surface area contributed by atoms with Gasteiger partial charge in [-0.1, -0.05) is 48.5 Å². The number of para-hydroxylation sites is 1. The van der Waals surface area contributed by atoms with E-state index in [1.165, 1.54) is 11.8 Å². The van der Waals surface area contributed by atoms with Gasteiger partial charge in [-0.2, -0.15) is 0 Å². The summed E-state index contributed by atoms with van der Waals surface area (Å²) in [7, 11) is 0. The zero-order valence-corrected chi connectivity index (χ0v) is 16.1. The number of anilines is 1. The Morgan fingerprint density at radius 2 is 1.63 bits per heavy atom. The third kappa shape index (κ3) is 5.11. The summed E-state index contributed by atoms with van der Waals surface area (Å²) in [5, 5.41) is 5.09. The molecule has 0 saturated heterocycles. The minimum absolute atomic E-state index is 0.162. The van der Waals surface area contributed by atoms with E-state index in [0.717, 1.165) is 32.5 Å². The number of hydrogen-bond acceptors (Lipinski definition) is 4. The highest BCUT2D eigenvalue weighted by molar-refractivity contribution is 8.00. The Kier molecular flexibility index (Phi) is 6.14. The van der Waals surface area contributed by atoms with Crippen LogP contribution in [0.15, 0.2) is 65.6 Å². The molecule has 27 heavy (non-hydrogen) atoms. The zero-order valence-electron chi connectivity index (χ0n) is 15.3. The summed E-state index contributed by atoms with van der Waals surface area (Å²) < 4.78 is 5.09. The number of aryl methyl sites for hydroxylation is 2. The molecule has 1 amide bonds. The number of benzene rings is 3. The van der Waals surface area contributed by atoms with Gasteiger partial charge in [0.15, 0.2) is 6.61 Å². The molecule has 1 N–H and O–H groups in total. The molecular weight excluding hydrogens is 358 g/mol. The van der Waals surface area contributed by atoms with Gasteiger partial charge < -0.3 is 10.1 Å². The number of esters is 1. The summed E-state index contributed by atoms with van der Waals surface area (Å²) in [5.41, 5.74) is 2.71. The number of hydrogen-bond donors (Lipinski definition) is 1. The Bertz CT molecular complexity index is 964. The van der Waals surface area contributed by atoms with Crippen molar-refractivity contribution >= 4 is 40.1 Å². The third-order valence-corrected chi connectivity index (χ3v) is 5.15. The number of amides is 1. The maximum absolute atomic E-state index is 12.0. The number of carbonyl (C=O) groups excluding carboxylic acids is 2. The van der Waals surface area contributed by atoms with Crippen LogP contribution in [0.2, 0.25) is 0 Å². The van der Waals surface area contributed by atoms with Gasteiger partial charge in [0.05, 0.1) is 5.75 Å². The number of ether oxygens (including phenoxy) is 1. The van der Waals surface area contributed by atoms with Crippen LogP contribution in [0, 0.1) is 13.8 Å². The Morgan fingerprint density at radius 3 is 2.37 bits per heavy atom. The van der Waals surface area contributed by atoms with Gasteiger partial charge in [0.25, 0.3) is 5.91 Å². The zero-order chi connectivity index (χ0) is 19.2. The van der Waals surface area contributed by atoms with Crippen LogP contribution >= 0.6 is 11.8 Å². The molecule has 3 rings (SSSR count). The second-order valence-electron chi connectivity index (χ2n) is 6.27. The monoisotopic (exact) mass is 379 g/mol. The topological polar surface area (TPSA) is 55.4 Å². The Hall–Kier alpha value is -2.79. The van der Waals surface area contributed by atoms with Crippen molar-refractivity contribution in [2.75, 3.05) is 17.7 Å². The van der Waals surface area contributed by atoms with Crippen LogP contribution in [0.4, 0.5) is 5.69 Å². The van der Waals surface area contributed by atoms with E-state index in [1.807, 2.05) is 74.5 Å². The van der Waals surface area contributed by atoms with Crippen LogP contribution in [-0.2, 0) is 14.3 Å². The summed E-state index contributed by atoms with van der Waals surface area (Å²) in [5.74, 6) is -0.587. The number of rotatable bonds is 6. The molecule has 0 spiro atoms. The highest BCUT2D eigenvalue weighted by Gasteiger charge is 2.11. The van der Waals surface area contributed by atoms with Crippen molar-refractivity contribution in [2.45, 2.75) is 18.7 Å². The van der Waals surface area contributed by atoms with Gasteiger partial charge in [-0.25, -0.2) is 0 Å². The van der Waals surface area contributed by atoms with E-state index in [2.05, 4.69) is 5.32 Å². The molecule has 0 aliphatic rings. The lowest BCUT2D eigenvalue weighted by Gasteiger charge is -2.11. The summed E-state index contributed by atoms with van der Waals surface area (Å²) in [6.07, 6.45) is 0. The second-order valence-corrected chi connectivity index (χ2v) is 7.32. The van der Waals surface area contributed by atoms with Crippen molar-refractivity contribution in [1.29, 1.82) is 0 Å². The average molecular weight is 379 g/mol. The summed E-state index contributed by atoms with van der Waals surface area (Å²) >= 11 is 1.40. The first kappa shape index (κ1) is 19.0. The molecule has 4 nitrogen and oxygen atoms in total. The van der Waals surface area contributed by atoms with E-state index in [1.54, 1.807) is 0 Å². The molecule has 0 unspecified atom stereocenters. The van der Waals surface area contributed by atoms with Crippen LogP contribution in [0.25, 0.3) is 10.8 Å². The molecule has 0 aromatic heterocycles. The third-order valence-electron chi connectivity index (χ3n) is 4.19. The number of thioether (sulfide) groups is 1. The van der Waals surface area contributed by atoms with Gasteiger partial charge in [0, 0.05) is 10.6 Å². The first-order valence-electron chi connectivity index (χ1n) is 8.66. The molecule has 5 heteroatoms. The van der Waals surface area contributed by atoms with Gasteiger partial charge in [0.2, 0.25) is 0 Å². The van der Waals surface area contributed by atoms with Gasteiger partial charge in [-0.15, -0.1) is 11.8 Å². The Balaban J connectivity index is 1.48. The number of fused-ring (bicyclic) bond motifs is 1. The molecule has 0 aliphatic heterocycles. The van der Waals surface area contributed by atoms with Crippen LogP contribution in [-0.4, -0.2) is 24.2 Å². The minimum atomic E-state index is -0.412. The van der Waals surface area contributed by atoms with Gasteiger partial charge in [-0.3, -0.25) is 9.59 Å². The van der Waals surface area contributed by atoms with Crippen molar-refractivity contribution in [1.82, 2.24) is 0 Å². The van der Waals surface area contributed by atoms with Crippen molar-refractivity contribution in [3.8, 4) is 0 Å². The average Bonchev–Trinajstić information content (AvgIpc) is 2.67. The molecule has 0 fully saturated rings. The lowest BCUT2D eigenvalue weighted by atomic mass is 10.1. The number of nitrogens with one attached hydrogen (secondary N) is 1. The molecule has 0 bridgehead atoms. The predicted molar refractivity (Wildman–Crippen MR) is 110 cm³/mol. The predicted octanol–water partition coefficient (Wildman–Crippen LogP) is 4.73. The fourth-order valence-corrected chi connectivity index (χ4v) is 3.52. The van der Waals surface area contributed by atoms with Crippen LogP contribution in [0.3, 0.4) is 0 Å². The number of carbonyl (C=O) groups is 2. The van der Waals surface area contributed by atoms with Gasteiger partial charge >= 0.3 is 5.97 Å². The van der Waals surface area contributed by atoms with Crippen molar-refractivity contribution in [2.24, 2.45) is 0 Å². The SMILES string of the molecule is Cc1cccc(C)c1NC(=O)COC(=O)CSc1ccc2ccccc2c1. The fourth-order valence-electron chi connectivity index (χ4n) is 2.77. The van der Waals surface area contributed by atoms with Crippen molar-refractivity contribution in [3.63, 3.8) is 0 Å². The molecule has 0 aliphatic carbocycles. The van der Waals surface area contributed by atoms with Gasteiger partial charge in [-0.05, 0) is 47.9 Å². The van der Waals surface area contributed by atoms with Crippen LogP contribution in [0.5, 0.6) is 0 Å². The quantitative estimate of drug-likeness (QED) is 0.497. The molecule has 0 atom stereocenters. The van der Waals surface area contributed by atoms with E-state index in [0.29, 0.717) is 0 Å². The first-order valence-corrected chi connectivity index (χ1v) is 9.65. The lowest BCUT2D eigenvalue weighted by Crippen LogP contribution is -2.22. The molecule has 3 aromatic rings. The fraction of sp³-hybridized carbons (Fsp3) is 0.182. The first-order chi connectivity index (χ1) is 13.0. The van der Waals surface area contributed by atoms with Crippen LogP contribution < -0.4 is 5.32 Å². The lowest BCUT2D eigenvalue weighted by molar-refractivity contribution is -0.144. The smallest absolute Gasteiger partial charge is 0.316 e. The highest BCUT2D eigenvalue weighted by Crippen LogP contribution is 2.23. The Labute approximate surface area is 162 Å². The largest absolute Gasteiger partial charge is 0.455 e. The Morgan fingerprint density at radius 1 is 0.926 bits per heavy atom. The summed E-state index contributed by atoms with van der Waals surface area (Å²) in [4.78, 5) is 25.0. The second kappa shape index (κ2) is 8.73. The standard InChI is InChI=1S/C22H21NO3S/c1-15-6-5-7-16(2)22(15)23-20(24)13-26-21(25)14-27-19-11-10-17-8-3-4-9-18(17)12-19/h3-12H,13-14H2,1-2H3,(H,23,24). The molecule has 0 saturated carbocycles. The van der Waals surface area contributed by atoms with Crippen LogP contribution in [0.1, 0.15) is 11.1 Å².